The molecule has 1 amide bonds. The normalized spacial score (nSPS) is 28.4. The fraction of sp³-hybridized carbons (Fsp3) is 0.579. The molecule has 0 radical (unpaired) electrons. The summed E-state index contributed by atoms with van der Waals surface area (Å²) in [5.74, 6) is -1.16. The third-order valence-electron chi connectivity index (χ3n) is 5.68. The molecule has 0 aromatic heterocycles. The highest BCUT2D eigenvalue weighted by atomic mass is 16.5. The van der Waals surface area contributed by atoms with Crippen molar-refractivity contribution in [2.45, 2.75) is 32.1 Å². The molecule has 0 saturated heterocycles. The molecule has 0 heterocycles. The lowest BCUT2D eigenvalue weighted by Gasteiger charge is -2.48. The van der Waals surface area contributed by atoms with Crippen LogP contribution in [0.3, 0.4) is 0 Å². The molecule has 1 aromatic rings. The summed E-state index contributed by atoms with van der Waals surface area (Å²) in [5.41, 5.74) is 1.03. The van der Waals surface area contributed by atoms with Gasteiger partial charge >= 0.3 is 0 Å². The van der Waals surface area contributed by atoms with Crippen LogP contribution in [0, 0.1) is 23.7 Å². The minimum atomic E-state index is -1.06. The van der Waals surface area contributed by atoms with Gasteiger partial charge < -0.3 is 20.0 Å². The minimum Gasteiger partial charge on any atom is -0.550 e. The second-order valence-corrected chi connectivity index (χ2v) is 6.90. The van der Waals surface area contributed by atoms with E-state index in [0.717, 1.165) is 37.0 Å². The summed E-state index contributed by atoms with van der Waals surface area (Å²) in [7, 11) is 1.63. The summed E-state index contributed by atoms with van der Waals surface area (Å²) in [5, 5.41) is 14.5. The van der Waals surface area contributed by atoms with Crippen molar-refractivity contribution >= 4 is 11.9 Å². The quantitative estimate of drug-likeness (QED) is 0.849. The molecule has 3 fully saturated rings. The molecule has 130 valence electrons. The molecular weight excluding hydrogens is 306 g/mol. The Labute approximate surface area is 142 Å². The van der Waals surface area contributed by atoms with Gasteiger partial charge in [-0.25, -0.2) is 0 Å². The third-order valence-corrected chi connectivity index (χ3v) is 5.68. The molecule has 1 N–H and O–H groups in total. The molecule has 3 aliphatic rings. The second-order valence-electron chi connectivity index (χ2n) is 6.90. The zero-order chi connectivity index (χ0) is 17.1. The molecule has 5 heteroatoms. The van der Waals surface area contributed by atoms with Gasteiger partial charge in [0.1, 0.15) is 5.75 Å². The topological polar surface area (TPSA) is 78.5 Å². The Kier molecular flexibility index (Phi) is 5.07. The highest BCUT2D eigenvalue weighted by Gasteiger charge is 2.47. The average molecular weight is 330 g/mol. The summed E-state index contributed by atoms with van der Waals surface area (Å²) in [4.78, 5) is 24.1. The van der Waals surface area contributed by atoms with Crippen LogP contribution in [0.25, 0.3) is 0 Å². The highest BCUT2D eigenvalue weighted by Crippen LogP contribution is 2.48. The fourth-order valence-electron chi connectivity index (χ4n) is 4.51. The number of para-hydroxylation sites is 1. The van der Waals surface area contributed by atoms with Crippen LogP contribution in [0.2, 0.25) is 0 Å². The smallest absolute Gasteiger partial charge is 0.224 e. The second kappa shape index (κ2) is 7.24. The number of aliphatic carboxylic acids is 1. The first kappa shape index (κ1) is 16.8. The van der Waals surface area contributed by atoms with Gasteiger partial charge in [0.25, 0.3) is 0 Å². The lowest BCUT2D eigenvalue weighted by Crippen LogP contribution is -2.54. The third kappa shape index (κ3) is 3.25. The van der Waals surface area contributed by atoms with Crippen LogP contribution >= 0.6 is 0 Å². The number of carboxylic acid groups (broad SMARTS) is 1. The van der Waals surface area contributed by atoms with Gasteiger partial charge in [0.15, 0.2) is 0 Å². The zero-order valence-corrected chi connectivity index (χ0v) is 14.0. The van der Waals surface area contributed by atoms with Crippen LogP contribution in [0.4, 0.5) is 0 Å². The Morgan fingerprint density at radius 1 is 1.12 bits per heavy atom. The van der Waals surface area contributed by atoms with Gasteiger partial charge in [0.2, 0.25) is 5.91 Å². The van der Waals surface area contributed by atoms with Gasteiger partial charge in [-0.3, -0.25) is 4.79 Å². The van der Waals surface area contributed by atoms with E-state index in [1.54, 1.807) is 7.11 Å². The maximum absolute atomic E-state index is 12.6. The van der Waals surface area contributed by atoms with E-state index in [1.165, 1.54) is 0 Å². The molecule has 24 heavy (non-hydrogen) atoms. The Balaban J connectivity index is 1.61. The Bertz CT molecular complexity index is 607. The molecule has 0 unspecified atom stereocenters. The van der Waals surface area contributed by atoms with E-state index >= 15 is 0 Å². The maximum Gasteiger partial charge on any atom is 0.224 e. The molecule has 0 aliphatic heterocycles. The number of nitrogens with one attached hydrogen (secondary N) is 1. The monoisotopic (exact) mass is 330 g/mol. The van der Waals surface area contributed by atoms with Crippen LogP contribution < -0.4 is 15.2 Å². The predicted octanol–water partition coefficient (Wildman–Crippen LogP) is 1.16. The van der Waals surface area contributed by atoms with E-state index in [2.05, 4.69) is 5.32 Å². The first-order chi connectivity index (χ1) is 11.6. The zero-order valence-electron chi connectivity index (χ0n) is 14.0. The van der Waals surface area contributed by atoms with Crippen LogP contribution in [0.1, 0.15) is 31.2 Å². The van der Waals surface area contributed by atoms with E-state index < -0.39 is 17.8 Å². The Morgan fingerprint density at radius 2 is 1.75 bits per heavy atom. The van der Waals surface area contributed by atoms with Gasteiger partial charge in [0.05, 0.1) is 7.11 Å². The van der Waals surface area contributed by atoms with Gasteiger partial charge in [-0.1, -0.05) is 18.2 Å². The minimum absolute atomic E-state index is 0.102. The first-order valence-electron chi connectivity index (χ1n) is 8.72. The van der Waals surface area contributed by atoms with Gasteiger partial charge in [-0.05, 0) is 55.6 Å². The van der Waals surface area contributed by atoms with Crippen molar-refractivity contribution in [3.63, 3.8) is 0 Å². The number of amides is 1. The number of carboxylic acids is 1. The average Bonchev–Trinajstić information content (AvgIpc) is 2.62. The van der Waals surface area contributed by atoms with Gasteiger partial charge in [-0.2, -0.15) is 0 Å². The number of carbonyl (C=O) groups is 2. The van der Waals surface area contributed by atoms with Gasteiger partial charge in [-0.15, -0.1) is 0 Å². The number of hydrogen-bond acceptors (Lipinski definition) is 4. The number of benzene rings is 1. The Morgan fingerprint density at radius 3 is 2.38 bits per heavy atom. The SMILES string of the molecule is COc1ccccc1CCNC(=O)[C@@H]1C2CCC(CC2)[C@@H]1C(=O)[O-]. The van der Waals surface area contributed by atoms with Crippen molar-refractivity contribution in [1.29, 1.82) is 0 Å². The highest BCUT2D eigenvalue weighted by molar-refractivity contribution is 5.85. The van der Waals surface area contributed by atoms with E-state index in [-0.39, 0.29) is 17.7 Å². The van der Waals surface area contributed by atoms with E-state index in [1.807, 2.05) is 24.3 Å². The number of fused-ring (bicyclic) bond motifs is 3. The maximum atomic E-state index is 12.6. The van der Waals surface area contributed by atoms with Crippen molar-refractivity contribution in [3.8, 4) is 5.75 Å². The molecule has 2 bridgehead atoms. The molecule has 2 atom stereocenters. The van der Waals surface area contributed by atoms with Crippen molar-refractivity contribution in [1.82, 2.24) is 5.32 Å². The van der Waals surface area contributed by atoms with Gasteiger partial charge in [0, 0.05) is 24.3 Å². The number of carbonyl (C=O) groups excluding carboxylic acids is 2. The number of hydrogen-bond donors (Lipinski definition) is 1. The van der Waals surface area contributed by atoms with Crippen molar-refractivity contribution in [2.75, 3.05) is 13.7 Å². The largest absolute Gasteiger partial charge is 0.550 e. The summed E-state index contributed by atoms with van der Waals surface area (Å²) in [6, 6.07) is 7.71. The summed E-state index contributed by atoms with van der Waals surface area (Å²) in [6.45, 7) is 0.479. The molecular formula is C19H24NO4-. The van der Waals surface area contributed by atoms with E-state index in [0.29, 0.717) is 13.0 Å². The van der Waals surface area contributed by atoms with Crippen molar-refractivity contribution in [3.05, 3.63) is 29.8 Å². The van der Waals surface area contributed by atoms with Crippen LogP contribution in [-0.2, 0) is 16.0 Å². The molecule has 4 rings (SSSR count). The summed E-state index contributed by atoms with van der Waals surface area (Å²) in [6.07, 6.45) is 4.40. The van der Waals surface area contributed by atoms with Crippen LogP contribution in [0.15, 0.2) is 24.3 Å². The first-order valence-corrected chi connectivity index (χ1v) is 8.72. The van der Waals surface area contributed by atoms with E-state index in [9.17, 15) is 14.7 Å². The van der Waals surface area contributed by atoms with E-state index in [4.69, 9.17) is 4.74 Å². The number of methoxy groups -OCH3 is 1. The number of rotatable bonds is 6. The predicted molar refractivity (Wildman–Crippen MR) is 87.1 cm³/mol. The summed E-state index contributed by atoms with van der Waals surface area (Å²) >= 11 is 0. The fourth-order valence-corrected chi connectivity index (χ4v) is 4.51. The van der Waals surface area contributed by atoms with Crippen molar-refractivity contribution < 1.29 is 19.4 Å². The van der Waals surface area contributed by atoms with Crippen molar-refractivity contribution in [2.24, 2.45) is 23.7 Å². The lowest BCUT2D eigenvalue weighted by atomic mass is 9.58. The number of ether oxygens (including phenoxy) is 1. The molecule has 3 aliphatic carbocycles. The van der Waals surface area contributed by atoms with Crippen LogP contribution in [0.5, 0.6) is 5.75 Å². The Hall–Kier alpha value is -2.04. The molecule has 0 spiro atoms. The molecule has 1 aromatic carbocycles. The molecule has 3 saturated carbocycles. The standard InChI is InChI=1S/C19H25NO4/c1-24-15-5-3-2-4-12(15)10-11-20-18(21)16-13-6-8-14(9-7-13)17(16)19(22)23/h2-5,13-14,16-17H,6-11H2,1H3,(H,20,21)(H,22,23)/p-1/t13?,14?,16-,17+/m1/s1. The molecule has 5 nitrogen and oxygen atoms in total. The lowest BCUT2D eigenvalue weighted by molar-refractivity contribution is -0.318. The van der Waals surface area contributed by atoms with Crippen LogP contribution in [-0.4, -0.2) is 25.5 Å². The summed E-state index contributed by atoms with van der Waals surface area (Å²) < 4.78 is 5.31.